The molecule has 0 radical (unpaired) electrons. The molecule has 1 saturated heterocycles. The average molecular weight is 338 g/mol. The molecule has 0 spiro atoms. The summed E-state index contributed by atoms with van der Waals surface area (Å²) in [6, 6.07) is 11.5. The molecular formula is C20H22N2O3. The van der Waals surface area contributed by atoms with Gasteiger partial charge in [-0.2, -0.15) is 0 Å². The number of benzene rings is 1. The van der Waals surface area contributed by atoms with Crippen molar-refractivity contribution in [1.82, 2.24) is 9.88 Å². The van der Waals surface area contributed by atoms with Crippen LogP contribution in [0, 0.1) is 12.8 Å². The Bertz CT molecular complexity index is 766. The summed E-state index contributed by atoms with van der Waals surface area (Å²) in [6.07, 6.45) is 3.43. The van der Waals surface area contributed by atoms with Crippen LogP contribution in [-0.4, -0.2) is 40.0 Å². The van der Waals surface area contributed by atoms with Gasteiger partial charge in [0.05, 0.1) is 5.69 Å². The minimum Gasteiger partial charge on any atom is -0.481 e. The van der Waals surface area contributed by atoms with Crippen LogP contribution >= 0.6 is 0 Å². The Kier molecular flexibility index (Phi) is 5.12. The molecule has 130 valence electrons. The third-order valence-corrected chi connectivity index (χ3v) is 4.87. The Morgan fingerprint density at radius 1 is 1.16 bits per heavy atom. The molecule has 5 nitrogen and oxygen atoms in total. The lowest BCUT2D eigenvalue weighted by molar-refractivity contribution is -0.138. The van der Waals surface area contributed by atoms with Crippen molar-refractivity contribution in [3.63, 3.8) is 0 Å². The SMILES string of the molecule is Cc1c(C(=O)N2CCC(CC(=O)O)CC2)cccc1-c1ccccn1. The van der Waals surface area contributed by atoms with Crippen molar-refractivity contribution in [2.75, 3.05) is 13.1 Å². The summed E-state index contributed by atoms with van der Waals surface area (Å²) in [5.41, 5.74) is 3.45. The number of likely N-dealkylation sites (tertiary alicyclic amines) is 1. The number of rotatable bonds is 4. The van der Waals surface area contributed by atoms with Gasteiger partial charge in [0, 0.05) is 36.8 Å². The minimum atomic E-state index is -0.760. The number of carbonyl (C=O) groups excluding carboxylic acids is 1. The topological polar surface area (TPSA) is 70.5 Å². The molecule has 2 heterocycles. The predicted octanol–water partition coefficient (Wildman–Crippen LogP) is 3.38. The Morgan fingerprint density at radius 3 is 2.56 bits per heavy atom. The molecule has 0 atom stereocenters. The molecule has 0 bridgehead atoms. The van der Waals surface area contributed by atoms with E-state index in [-0.39, 0.29) is 18.2 Å². The molecule has 3 rings (SSSR count). The van der Waals surface area contributed by atoms with Gasteiger partial charge >= 0.3 is 5.97 Å². The van der Waals surface area contributed by atoms with Crippen LogP contribution in [0.2, 0.25) is 0 Å². The average Bonchev–Trinajstić information content (AvgIpc) is 2.62. The van der Waals surface area contributed by atoms with E-state index >= 15 is 0 Å². The van der Waals surface area contributed by atoms with Gasteiger partial charge in [0.1, 0.15) is 0 Å². The number of aliphatic carboxylic acids is 1. The summed E-state index contributed by atoms with van der Waals surface area (Å²) >= 11 is 0. The van der Waals surface area contributed by atoms with Gasteiger partial charge in [-0.25, -0.2) is 0 Å². The largest absolute Gasteiger partial charge is 0.481 e. The molecule has 1 aromatic carbocycles. The Morgan fingerprint density at radius 2 is 1.92 bits per heavy atom. The third kappa shape index (κ3) is 3.87. The van der Waals surface area contributed by atoms with Crippen molar-refractivity contribution in [3.8, 4) is 11.3 Å². The van der Waals surface area contributed by atoms with Crippen molar-refractivity contribution >= 4 is 11.9 Å². The van der Waals surface area contributed by atoms with Crippen molar-refractivity contribution < 1.29 is 14.7 Å². The third-order valence-electron chi connectivity index (χ3n) is 4.87. The fourth-order valence-electron chi connectivity index (χ4n) is 3.42. The maximum atomic E-state index is 12.9. The molecule has 5 heteroatoms. The lowest BCUT2D eigenvalue weighted by Crippen LogP contribution is -2.39. The molecule has 25 heavy (non-hydrogen) atoms. The van der Waals surface area contributed by atoms with E-state index in [1.165, 1.54) is 0 Å². The lowest BCUT2D eigenvalue weighted by Gasteiger charge is -2.32. The number of carboxylic acids is 1. The summed E-state index contributed by atoms with van der Waals surface area (Å²) in [4.78, 5) is 30.0. The van der Waals surface area contributed by atoms with Crippen LogP contribution in [-0.2, 0) is 4.79 Å². The predicted molar refractivity (Wildman–Crippen MR) is 95.3 cm³/mol. The number of pyridine rings is 1. The number of aromatic nitrogens is 1. The highest BCUT2D eigenvalue weighted by atomic mass is 16.4. The molecule has 1 aliphatic rings. The Labute approximate surface area is 147 Å². The van der Waals surface area contributed by atoms with E-state index in [0.717, 1.165) is 29.7 Å². The number of hydrogen-bond donors (Lipinski definition) is 1. The molecule has 2 aromatic rings. The second-order valence-electron chi connectivity index (χ2n) is 6.53. The molecule has 0 unspecified atom stereocenters. The summed E-state index contributed by atoms with van der Waals surface area (Å²) in [6.45, 7) is 3.18. The normalized spacial score (nSPS) is 15.2. The molecule has 0 aliphatic carbocycles. The molecular weight excluding hydrogens is 316 g/mol. The van der Waals surface area contributed by atoms with Crippen LogP contribution in [0.15, 0.2) is 42.6 Å². The van der Waals surface area contributed by atoms with Crippen molar-refractivity contribution in [1.29, 1.82) is 0 Å². The summed E-state index contributed by atoms with van der Waals surface area (Å²) < 4.78 is 0. The van der Waals surface area contributed by atoms with E-state index < -0.39 is 5.97 Å². The molecule has 1 amide bonds. The minimum absolute atomic E-state index is 0.0176. The second-order valence-corrected chi connectivity index (χ2v) is 6.53. The first-order chi connectivity index (χ1) is 12.1. The van der Waals surface area contributed by atoms with Crippen molar-refractivity contribution in [2.24, 2.45) is 5.92 Å². The fraction of sp³-hybridized carbons (Fsp3) is 0.350. The van der Waals surface area contributed by atoms with Gasteiger partial charge in [0.2, 0.25) is 0 Å². The quantitative estimate of drug-likeness (QED) is 0.928. The van der Waals surface area contributed by atoms with E-state index in [1.54, 1.807) is 6.20 Å². The molecule has 1 aromatic heterocycles. The van der Waals surface area contributed by atoms with Gasteiger partial charge in [-0.05, 0) is 49.4 Å². The fourth-order valence-corrected chi connectivity index (χ4v) is 3.42. The zero-order valence-corrected chi connectivity index (χ0v) is 14.3. The van der Waals surface area contributed by atoms with Crippen molar-refractivity contribution in [2.45, 2.75) is 26.2 Å². The standard InChI is InChI=1S/C20H22N2O3/c1-14-16(18-7-2-3-10-21-18)5-4-6-17(14)20(25)22-11-8-15(9-12-22)13-19(23)24/h2-7,10,15H,8-9,11-13H2,1H3,(H,23,24). The van der Waals surface area contributed by atoms with Crippen LogP contribution < -0.4 is 0 Å². The maximum Gasteiger partial charge on any atom is 0.303 e. The summed E-state index contributed by atoms with van der Waals surface area (Å²) in [7, 11) is 0. The van der Waals surface area contributed by atoms with E-state index in [4.69, 9.17) is 5.11 Å². The zero-order valence-electron chi connectivity index (χ0n) is 14.3. The highest BCUT2D eigenvalue weighted by Gasteiger charge is 2.26. The Hall–Kier alpha value is -2.69. The van der Waals surface area contributed by atoms with E-state index in [2.05, 4.69) is 4.98 Å². The molecule has 1 N–H and O–H groups in total. The van der Waals surface area contributed by atoms with Crippen LogP contribution in [0.5, 0.6) is 0 Å². The molecule has 0 saturated carbocycles. The number of hydrogen-bond acceptors (Lipinski definition) is 3. The summed E-state index contributed by atoms with van der Waals surface area (Å²) in [5, 5.41) is 8.91. The first-order valence-corrected chi connectivity index (χ1v) is 8.58. The van der Waals surface area contributed by atoms with Gasteiger partial charge in [-0.15, -0.1) is 0 Å². The molecule has 1 fully saturated rings. The number of piperidine rings is 1. The zero-order chi connectivity index (χ0) is 17.8. The van der Waals surface area contributed by atoms with Gasteiger partial charge in [0.25, 0.3) is 5.91 Å². The highest BCUT2D eigenvalue weighted by Crippen LogP contribution is 2.27. The van der Waals surface area contributed by atoms with Crippen LogP contribution in [0.25, 0.3) is 11.3 Å². The smallest absolute Gasteiger partial charge is 0.303 e. The van der Waals surface area contributed by atoms with E-state index in [0.29, 0.717) is 18.7 Å². The monoisotopic (exact) mass is 338 g/mol. The van der Waals surface area contributed by atoms with Gasteiger partial charge in [0.15, 0.2) is 0 Å². The Balaban J connectivity index is 1.76. The number of nitrogens with zero attached hydrogens (tertiary/aromatic N) is 2. The molecule has 1 aliphatic heterocycles. The maximum absolute atomic E-state index is 12.9. The first-order valence-electron chi connectivity index (χ1n) is 8.58. The van der Waals surface area contributed by atoms with Crippen LogP contribution in [0.4, 0.5) is 0 Å². The first kappa shape index (κ1) is 17.1. The summed E-state index contributed by atoms with van der Waals surface area (Å²) in [5.74, 6) is -0.574. The number of carboxylic acid groups (broad SMARTS) is 1. The number of amides is 1. The van der Waals surface area contributed by atoms with Gasteiger partial charge in [-0.1, -0.05) is 18.2 Å². The van der Waals surface area contributed by atoms with E-state index in [1.807, 2.05) is 48.2 Å². The van der Waals surface area contributed by atoms with Gasteiger partial charge in [-0.3, -0.25) is 14.6 Å². The van der Waals surface area contributed by atoms with Crippen LogP contribution in [0.1, 0.15) is 35.2 Å². The lowest BCUT2D eigenvalue weighted by atomic mass is 9.92. The van der Waals surface area contributed by atoms with Crippen LogP contribution in [0.3, 0.4) is 0 Å². The van der Waals surface area contributed by atoms with Crippen molar-refractivity contribution in [3.05, 3.63) is 53.7 Å². The van der Waals surface area contributed by atoms with Gasteiger partial charge < -0.3 is 10.0 Å². The second kappa shape index (κ2) is 7.47. The number of carbonyl (C=O) groups is 2. The highest BCUT2D eigenvalue weighted by molar-refractivity contribution is 5.97. The van der Waals surface area contributed by atoms with E-state index in [9.17, 15) is 9.59 Å².